The van der Waals surface area contributed by atoms with Gasteiger partial charge in [0.15, 0.2) is 0 Å². The summed E-state index contributed by atoms with van der Waals surface area (Å²) in [6.07, 6.45) is 3.62. The first-order valence-electron chi connectivity index (χ1n) is 10.4. The minimum Gasteiger partial charge on any atom is -0.307 e. The molecule has 0 bridgehead atoms. The quantitative estimate of drug-likeness (QED) is 0.508. The number of nitrogens with one attached hydrogen (secondary N) is 2. The first kappa shape index (κ1) is 18.0. The van der Waals surface area contributed by atoms with Gasteiger partial charge < -0.3 is 5.32 Å². The Morgan fingerprint density at radius 1 is 0.966 bits per heavy atom. The van der Waals surface area contributed by atoms with Crippen LogP contribution in [0.25, 0.3) is 22.2 Å². The van der Waals surface area contributed by atoms with E-state index in [0.717, 1.165) is 5.56 Å². The van der Waals surface area contributed by atoms with Crippen LogP contribution >= 0.6 is 0 Å². The van der Waals surface area contributed by atoms with Crippen LogP contribution in [-0.2, 0) is 0 Å². The van der Waals surface area contributed by atoms with Crippen LogP contribution in [0.1, 0.15) is 49.3 Å². The average molecular weight is 383 g/mol. The van der Waals surface area contributed by atoms with E-state index in [0.29, 0.717) is 23.8 Å². The molecule has 29 heavy (non-hydrogen) atoms. The number of aromatic nitrogens is 4. The Labute approximate surface area is 170 Å². The van der Waals surface area contributed by atoms with Crippen molar-refractivity contribution in [2.45, 2.75) is 44.2 Å². The maximum absolute atomic E-state index is 4.05. The third-order valence-corrected chi connectivity index (χ3v) is 6.19. The van der Waals surface area contributed by atoms with Gasteiger partial charge in [-0.15, -0.1) is 10.2 Å². The molecule has 2 N–H and O–H groups in total. The fraction of sp³-hybridized carbons (Fsp3) is 0.292. The molecule has 1 aromatic heterocycles. The van der Waals surface area contributed by atoms with E-state index in [1.165, 1.54) is 41.2 Å². The van der Waals surface area contributed by atoms with Gasteiger partial charge in [-0.1, -0.05) is 66.7 Å². The molecule has 4 aromatic rings. The summed E-state index contributed by atoms with van der Waals surface area (Å²) in [6.45, 7) is 2.29. The number of H-pyrrole nitrogens is 1. The summed E-state index contributed by atoms with van der Waals surface area (Å²) in [5.74, 6) is 1.25. The van der Waals surface area contributed by atoms with E-state index in [9.17, 15) is 0 Å². The van der Waals surface area contributed by atoms with Crippen LogP contribution < -0.4 is 5.32 Å². The van der Waals surface area contributed by atoms with Gasteiger partial charge >= 0.3 is 0 Å². The van der Waals surface area contributed by atoms with Crippen molar-refractivity contribution in [3.63, 3.8) is 0 Å². The van der Waals surface area contributed by atoms with Crippen LogP contribution in [0.4, 0.5) is 0 Å². The molecule has 146 valence electrons. The number of hydrogen-bond acceptors (Lipinski definition) is 4. The molecule has 1 aliphatic rings. The van der Waals surface area contributed by atoms with Crippen molar-refractivity contribution in [2.75, 3.05) is 0 Å². The van der Waals surface area contributed by atoms with Crippen molar-refractivity contribution in [1.29, 1.82) is 0 Å². The van der Waals surface area contributed by atoms with Crippen LogP contribution in [0.3, 0.4) is 0 Å². The maximum Gasteiger partial charge on any atom is 0.204 e. The van der Waals surface area contributed by atoms with E-state index in [1.807, 2.05) is 0 Å². The van der Waals surface area contributed by atoms with Crippen molar-refractivity contribution >= 4 is 10.8 Å². The highest BCUT2D eigenvalue weighted by atomic mass is 15.5. The van der Waals surface area contributed by atoms with Gasteiger partial charge in [-0.05, 0) is 59.2 Å². The Balaban J connectivity index is 1.26. The molecule has 1 heterocycles. The molecule has 3 atom stereocenters. The van der Waals surface area contributed by atoms with E-state index in [-0.39, 0.29) is 0 Å². The lowest BCUT2D eigenvalue weighted by Crippen LogP contribution is -2.29. The number of benzene rings is 3. The number of hydrogen-bond donors (Lipinski definition) is 2. The predicted molar refractivity (Wildman–Crippen MR) is 115 cm³/mol. The molecule has 3 aromatic carbocycles. The van der Waals surface area contributed by atoms with Crippen molar-refractivity contribution in [3.8, 4) is 11.4 Å². The molecule has 1 aliphatic carbocycles. The van der Waals surface area contributed by atoms with E-state index < -0.39 is 0 Å². The Kier molecular flexibility index (Phi) is 4.82. The highest BCUT2D eigenvalue weighted by Crippen LogP contribution is 2.36. The smallest absolute Gasteiger partial charge is 0.204 e. The normalized spacial score (nSPS) is 20.2. The minimum absolute atomic E-state index is 0.338. The van der Waals surface area contributed by atoms with E-state index in [1.54, 1.807) is 0 Å². The number of nitrogens with zero attached hydrogens (tertiary/aromatic N) is 3. The van der Waals surface area contributed by atoms with Crippen LogP contribution in [0, 0.1) is 0 Å². The van der Waals surface area contributed by atoms with Gasteiger partial charge in [0.05, 0.1) is 0 Å². The Morgan fingerprint density at radius 2 is 1.79 bits per heavy atom. The van der Waals surface area contributed by atoms with Crippen molar-refractivity contribution < 1.29 is 0 Å². The fourth-order valence-corrected chi connectivity index (χ4v) is 4.70. The second kappa shape index (κ2) is 7.76. The lowest BCUT2D eigenvalue weighted by molar-refractivity contribution is 0.459. The van der Waals surface area contributed by atoms with Crippen molar-refractivity contribution in [1.82, 2.24) is 25.9 Å². The SMILES string of the molecule is C[C@@H](N[C@H]1CC[C@@H](c2ccc(-c3nn[nH]n3)cc2)C1)c1cccc2ccccc12. The molecular weight excluding hydrogens is 358 g/mol. The largest absolute Gasteiger partial charge is 0.307 e. The predicted octanol–water partition coefficient (Wildman–Crippen LogP) is 5.01. The van der Waals surface area contributed by atoms with Gasteiger partial charge in [-0.25, -0.2) is 0 Å². The van der Waals surface area contributed by atoms with E-state index in [4.69, 9.17) is 0 Å². The number of aromatic amines is 1. The minimum atomic E-state index is 0.338. The van der Waals surface area contributed by atoms with Crippen LogP contribution in [0.15, 0.2) is 66.7 Å². The molecule has 1 saturated carbocycles. The molecular formula is C24H25N5. The van der Waals surface area contributed by atoms with E-state index >= 15 is 0 Å². The summed E-state index contributed by atoms with van der Waals surface area (Å²) in [5.41, 5.74) is 3.79. The van der Waals surface area contributed by atoms with Crippen LogP contribution in [-0.4, -0.2) is 26.7 Å². The lowest BCUT2D eigenvalue weighted by Gasteiger charge is -2.21. The highest BCUT2D eigenvalue weighted by Gasteiger charge is 2.27. The average Bonchev–Trinajstić information content (AvgIpc) is 3.46. The van der Waals surface area contributed by atoms with Gasteiger partial charge in [0.2, 0.25) is 5.82 Å². The highest BCUT2D eigenvalue weighted by molar-refractivity contribution is 5.86. The number of rotatable bonds is 5. The van der Waals surface area contributed by atoms with Gasteiger partial charge in [0, 0.05) is 17.6 Å². The van der Waals surface area contributed by atoms with Gasteiger partial charge in [-0.3, -0.25) is 0 Å². The molecule has 5 heteroatoms. The second-order valence-electron chi connectivity index (χ2n) is 8.02. The standard InChI is InChI=1S/C24H25N5/c1-16(22-8-4-6-18-5-2-3-7-23(18)22)25-21-14-13-20(15-21)17-9-11-19(12-10-17)24-26-28-29-27-24/h2-12,16,20-21,25H,13-15H2,1H3,(H,26,27,28,29)/t16-,20-,21+/m1/s1. The van der Waals surface area contributed by atoms with Gasteiger partial charge in [-0.2, -0.15) is 5.21 Å². The van der Waals surface area contributed by atoms with Gasteiger partial charge in [0.25, 0.3) is 0 Å². The van der Waals surface area contributed by atoms with Gasteiger partial charge in [0.1, 0.15) is 0 Å². The first-order chi connectivity index (χ1) is 14.3. The second-order valence-corrected chi connectivity index (χ2v) is 8.02. The summed E-state index contributed by atoms with van der Waals surface area (Å²) in [6, 6.07) is 24.8. The lowest BCUT2D eigenvalue weighted by atomic mass is 9.96. The summed E-state index contributed by atoms with van der Waals surface area (Å²) >= 11 is 0. The molecule has 1 fully saturated rings. The molecule has 5 nitrogen and oxygen atoms in total. The maximum atomic E-state index is 4.05. The summed E-state index contributed by atoms with van der Waals surface area (Å²) < 4.78 is 0. The Hall–Kier alpha value is -3.05. The molecule has 0 saturated heterocycles. The molecule has 0 unspecified atom stereocenters. The molecule has 0 spiro atoms. The van der Waals surface area contributed by atoms with Crippen molar-refractivity contribution in [2.24, 2.45) is 0 Å². The first-order valence-corrected chi connectivity index (χ1v) is 10.4. The third-order valence-electron chi connectivity index (χ3n) is 6.19. The monoisotopic (exact) mass is 383 g/mol. The van der Waals surface area contributed by atoms with Crippen LogP contribution in [0.5, 0.6) is 0 Å². The Bertz CT molecular complexity index is 1080. The molecule has 0 amide bonds. The molecule has 5 rings (SSSR count). The Morgan fingerprint density at radius 3 is 2.62 bits per heavy atom. The number of fused-ring (bicyclic) bond motifs is 1. The van der Waals surface area contributed by atoms with Crippen LogP contribution in [0.2, 0.25) is 0 Å². The molecule has 0 aliphatic heterocycles. The number of tetrazole rings is 1. The summed E-state index contributed by atoms with van der Waals surface area (Å²) in [4.78, 5) is 0. The fourth-order valence-electron chi connectivity index (χ4n) is 4.70. The molecule has 0 radical (unpaired) electrons. The summed E-state index contributed by atoms with van der Waals surface area (Å²) in [7, 11) is 0. The summed E-state index contributed by atoms with van der Waals surface area (Å²) in [5, 5.41) is 20.8. The van der Waals surface area contributed by atoms with E-state index in [2.05, 4.69) is 99.6 Å². The topological polar surface area (TPSA) is 66.5 Å². The zero-order chi connectivity index (χ0) is 19.6. The van der Waals surface area contributed by atoms with Crippen molar-refractivity contribution in [3.05, 3.63) is 77.9 Å². The zero-order valence-corrected chi connectivity index (χ0v) is 16.5. The zero-order valence-electron chi connectivity index (χ0n) is 16.5. The third kappa shape index (κ3) is 3.66.